The van der Waals surface area contributed by atoms with Crippen LogP contribution in [0.3, 0.4) is 0 Å². The Morgan fingerprint density at radius 3 is 1.94 bits per heavy atom. The smallest absolute Gasteiger partial charge is 0.326 e. The fraction of sp³-hybridized carbons (Fsp3) is 0.167. The van der Waals surface area contributed by atoms with Gasteiger partial charge in [0.2, 0.25) is 0 Å². The summed E-state index contributed by atoms with van der Waals surface area (Å²) in [6.07, 6.45) is 0.209. The molecular formula is C24H24N4O3. The number of hydrogen-bond acceptors (Lipinski definition) is 5. The minimum Gasteiger partial charge on any atom is -0.480 e. The van der Waals surface area contributed by atoms with E-state index >= 15 is 0 Å². The van der Waals surface area contributed by atoms with Gasteiger partial charge >= 0.3 is 5.97 Å². The van der Waals surface area contributed by atoms with E-state index in [1.165, 1.54) is 0 Å². The van der Waals surface area contributed by atoms with Crippen LogP contribution in [0.4, 0.5) is 17.1 Å². The van der Waals surface area contributed by atoms with Gasteiger partial charge in [-0.15, -0.1) is 0 Å². The third kappa shape index (κ3) is 6.24. The second-order valence-electron chi connectivity index (χ2n) is 7.21. The first-order valence-corrected chi connectivity index (χ1v) is 9.79. The summed E-state index contributed by atoms with van der Waals surface area (Å²) in [5, 5.41) is 20.4. The molecule has 3 aromatic rings. The van der Waals surface area contributed by atoms with Crippen molar-refractivity contribution in [3.05, 3.63) is 90.0 Å². The van der Waals surface area contributed by atoms with Crippen LogP contribution < -0.4 is 10.2 Å². The Bertz CT molecular complexity index is 1050. The van der Waals surface area contributed by atoms with E-state index in [2.05, 4.69) is 15.5 Å². The molecule has 7 nitrogen and oxygen atoms in total. The van der Waals surface area contributed by atoms with Crippen LogP contribution in [0, 0.1) is 0 Å². The van der Waals surface area contributed by atoms with E-state index < -0.39 is 17.9 Å². The highest BCUT2D eigenvalue weighted by Gasteiger charge is 2.21. The first-order valence-electron chi connectivity index (χ1n) is 9.79. The molecule has 0 radical (unpaired) electrons. The molecule has 0 aliphatic heterocycles. The number of amides is 1. The van der Waals surface area contributed by atoms with Gasteiger partial charge in [-0.2, -0.15) is 10.2 Å². The fourth-order valence-electron chi connectivity index (χ4n) is 2.90. The van der Waals surface area contributed by atoms with Crippen molar-refractivity contribution in [2.45, 2.75) is 12.5 Å². The summed E-state index contributed by atoms with van der Waals surface area (Å²) in [5.41, 5.74) is 3.57. The molecule has 0 heterocycles. The minimum absolute atomic E-state index is 0.209. The molecule has 0 aromatic heterocycles. The van der Waals surface area contributed by atoms with Gasteiger partial charge in [-0.05, 0) is 54.1 Å². The van der Waals surface area contributed by atoms with Crippen molar-refractivity contribution in [3.63, 3.8) is 0 Å². The highest BCUT2D eigenvalue weighted by molar-refractivity contribution is 5.96. The quantitative estimate of drug-likeness (QED) is 0.525. The average molecular weight is 416 g/mol. The standard InChI is InChI=1S/C24H24N4O3/c1-28(2)21-14-12-20(13-15-21)27-26-19-10-8-18(9-11-19)23(29)25-22(24(30)31)16-17-6-4-3-5-7-17/h3-15,22H,16H2,1-2H3,(H,25,29)(H,30,31). The van der Waals surface area contributed by atoms with Crippen LogP contribution in [-0.2, 0) is 11.2 Å². The van der Waals surface area contributed by atoms with E-state index in [4.69, 9.17) is 0 Å². The maximum absolute atomic E-state index is 12.5. The maximum atomic E-state index is 12.5. The lowest BCUT2D eigenvalue weighted by atomic mass is 10.1. The molecular weight excluding hydrogens is 392 g/mol. The molecule has 0 aliphatic carbocycles. The zero-order valence-electron chi connectivity index (χ0n) is 17.4. The van der Waals surface area contributed by atoms with Crippen molar-refractivity contribution in [2.24, 2.45) is 10.2 Å². The average Bonchev–Trinajstić information content (AvgIpc) is 2.78. The third-order valence-electron chi connectivity index (χ3n) is 4.66. The van der Waals surface area contributed by atoms with Crippen LogP contribution in [0.1, 0.15) is 15.9 Å². The van der Waals surface area contributed by atoms with Crippen molar-refractivity contribution >= 4 is 28.9 Å². The molecule has 31 heavy (non-hydrogen) atoms. The summed E-state index contributed by atoms with van der Waals surface area (Å²) in [4.78, 5) is 26.1. The summed E-state index contributed by atoms with van der Waals surface area (Å²) in [6, 6.07) is 22.4. The Morgan fingerprint density at radius 2 is 1.42 bits per heavy atom. The summed E-state index contributed by atoms with van der Waals surface area (Å²) in [7, 11) is 3.93. The number of carboxylic acid groups (broad SMARTS) is 1. The first-order chi connectivity index (χ1) is 14.9. The second-order valence-corrected chi connectivity index (χ2v) is 7.21. The Hall–Kier alpha value is -4.00. The van der Waals surface area contributed by atoms with Gasteiger partial charge in [-0.3, -0.25) is 4.79 Å². The number of carbonyl (C=O) groups is 2. The fourth-order valence-corrected chi connectivity index (χ4v) is 2.90. The molecule has 1 amide bonds. The summed E-state index contributed by atoms with van der Waals surface area (Å²) in [6.45, 7) is 0. The summed E-state index contributed by atoms with van der Waals surface area (Å²) < 4.78 is 0. The molecule has 0 saturated carbocycles. The number of anilines is 1. The summed E-state index contributed by atoms with van der Waals surface area (Å²) >= 11 is 0. The van der Waals surface area contributed by atoms with Gasteiger partial charge in [0, 0.05) is 31.8 Å². The molecule has 7 heteroatoms. The van der Waals surface area contributed by atoms with Crippen LogP contribution in [0.25, 0.3) is 0 Å². The van der Waals surface area contributed by atoms with Crippen molar-refractivity contribution < 1.29 is 14.7 Å². The minimum atomic E-state index is -1.08. The Kier molecular flexibility index (Phi) is 7.11. The largest absolute Gasteiger partial charge is 0.480 e. The van der Waals surface area contributed by atoms with Gasteiger partial charge < -0.3 is 15.3 Å². The monoisotopic (exact) mass is 416 g/mol. The normalized spacial score (nSPS) is 11.8. The third-order valence-corrected chi connectivity index (χ3v) is 4.66. The zero-order chi connectivity index (χ0) is 22.2. The van der Waals surface area contributed by atoms with Crippen LogP contribution in [0.5, 0.6) is 0 Å². The molecule has 2 N–H and O–H groups in total. The van der Waals surface area contributed by atoms with Crippen molar-refractivity contribution in [1.29, 1.82) is 0 Å². The van der Waals surface area contributed by atoms with Crippen molar-refractivity contribution in [3.8, 4) is 0 Å². The topological polar surface area (TPSA) is 94.4 Å². The highest BCUT2D eigenvalue weighted by atomic mass is 16.4. The van der Waals surface area contributed by atoms with Gasteiger partial charge in [-0.1, -0.05) is 30.3 Å². The maximum Gasteiger partial charge on any atom is 0.326 e. The van der Waals surface area contributed by atoms with E-state index in [1.807, 2.05) is 73.6 Å². The number of rotatable bonds is 8. The molecule has 0 aliphatic rings. The van der Waals surface area contributed by atoms with E-state index in [9.17, 15) is 14.7 Å². The van der Waals surface area contributed by atoms with Gasteiger partial charge in [0.05, 0.1) is 11.4 Å². The van der Waals surface area contributed by atoms with Crippen LogP contribution in [-0.4, -0.2) is 37.1 Å². The Morgan fingerprint density at radius 1 is 0.871 bits per heavy atom. The number of carbonyl (C=O) groups excluding carboxylic acids is 1. The Labute approximate surface area is 181 Å². The molecule has 0 spiro atoms. The van der Waals surface area contributed by atoms with Crippen molar-refractivity contribution in [2.75, 3.05) is 19.0 Å². The van der Waals surface area contributed by atoms with Crippen molar-refractivity contribution in [1.82, 2.24) is 5.32 Å². The lowest BCUT2D eigenvalue weighted by Crippen LogP contribution is -2.42. The molecule has 3 aromatic carbocycles. The predicted octanol–water partition coefficient (Wildman–Crippen LogP) is 4.59. The number of aliphatic carboxylic acids is 1. The highest BCUT2D eigenvalue weighted by Crippen LogP contribution is 2.21. The number of hydrogen-bond donors (Lipinski definition) is 2. The number of azo groups is 1. The number of carboxylic acids is 1. The summed E-state index contributed by atoms with van der Waals surface area (Å²) in [5.74, 6) is -1.53. The van der Waals surface area contributed by atoms with E-state index in [0.717, 1.165) is 16.9 Å². The number of benzene rings is 3. The van der Waals surface area contributed by atoms with E-state index in [1.54, 1.807) is 24.3 Å². The molecule has 3 rings (SSSR count). The van der Waals surface area contributed by atoms with Crippen LogP contribution in [0.2, 0.25) is 0 Å². The van der Waals surface area contributed by atoms with E-state index in [-0.39, 0.29) is 6.42 Å². The van der Waals surface area contributed by atoms with E-state index in [0.29, 0.717) is 11.3 Å². The second kappa shape index (κ2) is 10.2. The molecule has 158 valence electrons. The Balaban J connectivity index is 1.63. The van der Waals surface area contributed by atoms with Gasteiger partial charge in [0.25, 0.3) is 5.91 Å². The zero-order valence-corrected chi connectivity index (χ0v) is 17.4. The van der Waals surface area contributed by atoms with Gasteiger partial charge in [-0.25, -0.2) is 4.79 Å². The number of nitrogens with one attached hydrogen (secondary N) is 1. The molecule has 0 saturated heterocycles. The van der Waals surface area contributed by atoms with Gasteiger partial charge in [0.1, 0.15) is 6.04 Å². The molecule has 0 bridgehead atoms. The van der Waals surface area contributed by atoms with Crippen LogP contribution in [0.15, 0.2) is 89.1 Å². The van der Waals surface area contributed by atoms with Gasteiger partial charge in [0.15, 0.2) is 0 Å². The SMILES string of the molecule is CN(C)c1ccc(N=Nc2ccc(C(=O)NC(Cc3ccccc3)C(=O)O)cc2)cc1. The predicted molar refractivity (Wildman–Crippen MR) is 120 cm³/mol. The lowest BCUT2D eigenvalue weighted by Gasteiger charge is -2.14. The molecule has 0 fully saturated rings. The molecule has 1 atom stereocenters. The molecule has 1 unspecified atom stereocenters. The van der Waals surface area contributed by atoms with Crippen LogP contribution >= 0.6 is 0 Å². The lowest BCUT2D eigenvalue weighted by molar-refractivity contribution is -0.139. The number of nitrogens with zero attached hydrogens (tertiary/aromatic N) is 3. The first kappa shape index (κ1) is 21.7.